The second-order valence-electron chi connectivity index (χ2n) is 5.28. The Labute approximate surface area is 126 Å². The normalized spacial score (nSPS) is 13.8. The van der Waals surface area contributed by atoms with E-state index in [-0.39, 0.29) is 12.5 Å². The van der Waals surface area contributed by atoms with Crippen LogP contribution in [0.1, 0.15) is 17.7 Å². The van der Waals surface area contributed by atoms with Gasteiger partial charge in [-0.15, -0.1) is 0 Å². The summed E-state index contributed by atoms with van der Waals surface area (Å²) in [4.78, 5) is 13.8. The summed E-state index contributed by atoms with van der Waals surface area (Å²) in [5.74, 6) is -1.25. The van der Waals surface area contributed by atoms with Crippen LogP contribution in [0, 0.1) is 11.6 Å². The van der Waals surface area contributed by atoms with Crippen molar-refractivity contribution in [1.29, 1.82) is 0 Å². The molecule has 0 saturated carbocycles. The minimum atomic E-state index is -0.887. The summed E-state index contributed by atoms with van der Waals surface area (Å²) in [5, 5.41) is 2.75. The molecule has 0 radical (unpaired) electrons. The van der Waals surface area contributed by atoms with Gasteiger partial charge in [0.2, 0.25) is 5.91 Å². The lowest BCUT2D eigenvalue weighted by molar-refractivity contribution is -0.120. The zero-order valence-corrected chi connectivity index (χ0v) is 11.9. The van der Waals surface area contributed by atoms with Crippen LogP contribution in [0.3, 0.4) is 0 Å². The van der Waals surface area contributed by atoms with Crippen molar-refractivity contribution < 1.29 is 18.0 Å². The highest BCUT2D eigenvalue weighted by atomic mass is 19.2. The van der Waals surface area contributed by atoms with Gasteiger partial charge in [0.15, 0.2) is 11.6 Å². The molecule has 22 heavy (non-hydrogen) atoms. The van der Waals surface area contributed by atoms with Crippen LogP contribution in [0.15, 0.2) is 34.9 Å². The molecule has 0 aliphatic carbocycles. The highest BCUT2D eigenvalue weighted by molar-refractivity contribution is 5.81. The summed E-state index contributed by atoms with van der Waals surface area (Å²) < 4.78 is 31.9. The first-order valence-electron chi connectivity index (χ1n) is 7.15. The number of aryl methyl sites for hydroxylation is 1. The molecule has 2 heterocycles. The van der Waals surface area contributed by atoms with Crippen LogP contribution < -0.4 is 10.2 Å². The average Bonchev–Trinajstić information content (AvgIpc) is 3.00. The Hall–Kier alpha value is -2.37. The molecule has 3 rings (SSSR count). The zero-order chi connectivity index (χ0) is 15.5. The van der Waals surface area contributed by atoms with Crippen molar-refractivity contribution in [3.63, 3.8) is 0 Å². The minimum Gasteiger partial charge on any atom is -0.467 e. The third-order valence-corrected chi connectivity index (χ3v) is 3.71. The van der Waals surface area contributed by atoms with Gasteiger partial charge in [0.25, 0.3) is 0 Å². The lowest BCUT2D eigenvalue weighted by atomic mass is 10.0. The number of nitrogens with one attached hydrogen (secondary N) is 1. The molecule has 1 aliphatic rings. The molecular formula is C16H16F2N2O2. The Morgan fingerprint density at radius 2 is 2.14 bits per heavy atom. The summed E-state index contributed by atoms with van der Waals surface area (Å²) >= 11 is 0. The van der Waals surface area contributed by atoms with Crippen LogP contribution in [-0.2, 0) is 17.8 Å². The quantitative estimate of drug-likeness (QED) is 0.944. The summed E-state index contributed by atoms with van der Waals surface area (Å²) in [6, 6.07) is 5.91. The largest absolute Gasteiger partial charge is 0.467 e. The van der Waals surface area contributed by atoms with Crippen LogP contribution in [0.4, 0.5) is 14.5 Å². The molecule has 0 fully saturated rings. The second-order valence-corrected chi connectivity index (χ2v) is 5.28. The van der Waals surface area contributed by atoms with Gasteiger partial charge in [-0.1, -0.05) is 0 Å². The summed E-state index contributed by atoms with van der Waals surface area (Å²) in [7, 11) is 0. The first-order chi connectivity index (χ1) is 10.6. The van der Waals surface area contributed by atoms with E-state index in [0.717, 1.165) is 12.0 Å². The Bertz CT molecular complexity index is 671. The molecule has 1 aliphatic heterocycles. The molecular weight excluding hydrogens is 290 g/mol. The topological polar surface area (TPSA) is 45.5 Å². The molecule has 0 spiro atoms. The number of benzene rings is 1. The van der Waals surface area contributed by atoms with Gasteiger partial charge >= 0.3 is 0 Å². The maximum absolute atomic E-state index is 13.4. The van der Waals surface area contributed by atoms with Crippen LogP contribution in [0.5, 0.6) is 0 Å². The van der Waals surface area contributed by atoms with Crippen molar-refractivity contribution in [2.24, 2.45) is 0 Å². The van der Waals surface area contributed by atoms with E-state index in [1.807, 2.05) is 0 Å². The third-order valence-electron chi connectivity index (χ3n) is 3.71. The molecule has 4 nitrogen and oxygen atoms in total. The number of carbonyl (C=O) groups is 1. The van der Waals surface area contributed by atoms with E-state index >= 15 is 0 Å². The smallest absolute Gasteiger partial charge is 0.239 e. The van der Waals surface area contributed by atoms with E-state index in [4.69, 9.17) is 4.42 Å². The number of nitrogens with zero attached hydrogens (tertiary/aromatic N) is 1. The highest BCUT2D eigenvalue weighted by Gasteiger charge is 2.21. The number of hydrogen-bond acceptors (Lipinski definition) is 3. The second kappa shape index (κ2) is 6.17. The Morgan fingerprint density at radius 3 is 2.91 bits per heavy atom. The lowest BCUT2D eigenvalue weighted by Crippen LogP contribution is -2.39. The summed E-state index contributed by atoms with van der Waals surface area (Å²) in [5.41, 5.74) is 1.34. The number of fused-ring (bicyclic) bond motifs is 1. The standard InChI is InChI=1S/C16H16F2N2O2/c17-13-7-11-3-1-5-20(15(11)8-14(13)18)10-16(21)19-9-12-4-2-6-22-12/h2,4,6-8H,1,3,5,9-10H2,(H,19,21). The number of halogens is 2. The summed E-state index contributed by atoms with van der Waals surface area (Å²) in [6.45, 7) is 1.06. The fourth-order valence-electron chi connectivity index (χ4n) is 2.65. The molecule has 0 saturated heterocycles. The van der Waals surface area contributed by atoms with Gasteiger partial charge in [-0.05, 0) is 36.6 Å². The zero-order valence-electron chi connectivity index (χ0n) is 11.9. The van der Waals surface area contributed by atoms with Crippen molar-refractivity contribution in [3.8, 4) is 0 Å². The number of hydrogen-bond donors (Lipinski definition) is 1. The molecule has 116 valence electrons. The number of anilines is 1. The van der Waals surface area contributed by atoms with Crippen molar-refractivity contribution >= 4 is 11.6 Å². The number of furan rings is 1. The lowest BCUT2D eigenvalue weighted by Gasteiger charge is -2.30. The van der Waals surface area contributed by atoms with Crippen molar-refractivity contribution in [2.45, 2.75) is 19.4 Å². The SMILES string of the molecule is O=C(CN1CCCc2cc(F)c(F)cc21)NCc1ccco1. The third kappa shape index (κ3) is 3.10. The predicted molar refractivity (Wildman–Crippen MR) is 77.4 cm³/mol. The number of amides is 1. The molecule has 1 amide bonds. The predicted octanol–water partition coefficient (Wildman–Crippen LogP) is 2.63. The first-order valence-corrected chi connectivity index (χ1v) is 7.15. The average molecular weight is 306 g/mol. The van der Waals surface area contributed by atoms with Gasteiger partial charge in [0.1, 0.15) is 5.76 Å². The van der Waals surface area contributed by atoms with Crippen LogP contribution in [-0.4, -0.2) is 19.0 Å². The van der Waals surface area contributed by atoms with E-state index in [9.17, 15) is 13.6 Å². The van der Waals surface area contributed by atoms with Crippen LogP contribution >= 0.6 is 0 Å². The van der Waals surface area contributed by atoms with Crippen LogP contribution in [0.25, 0.3) is 0 Å². The van der Waals surface area contributed by atoms with Gasteiger partial charge in [-0.2, -0.15) is 0 Å². The number of carbonyl (C=O) groups excluding carboxylic acids is 1. The molecule has 2 aromatic rings. The van der Waals surface area contributed by atoms with Crippen molar-refractivity contribution in [2.75, 3.05) is 18.0 Å². The van der Waals surface area contributed by atoms with Gasteiger partial charge in [-0.25, -0.2) is 8.78 Å². The monoisotopic (exact) mass is 306 g/mol. The van der Waals surface area contributed by atoms with Gasteiger partial charge in [-0.3, -0.25) is 4.79 Å². The van der Waals surface area contributed by atoms with Crippen molar-refractivity contribution in [1.82, 2.24) is 5.32 Å². The van der Waals surface area contributed by atoms with Gasteiger partial charge in [0, 0.05) is 18.3 Å². The van der Waals surface area contributed by atoms with Gasteiger partial charge in [0.05, 0.1) is 19.4 Å². The van der Waals surface area contributed by atoms with Crippen LogP contribution in [0.2, 0.25) is 0 Å². The molecule has 0 bridgehead atoms. The maximum Gasteiger partial charge on any atom is 0.239 e. The van der Waals surface area contributed by atoms with E-state index in [0.29, 0.717) is 31.0 Å². The molecule has 1 N–H and O–H groups in total. The molecule has 6 heteroatoms. The molecule has 1 aromatic heterocycles. The van der Waals surface area contributed by atoms with E-state index in [2.05, 4.69) is 5.32 Å². The Kier molecular flexibility index (Phi) is 4.09. The van der Waals surface area contributed by atoms with E-state index < -0.39 is 11.6 Å². The number of rotatable bonds is 4. The Balaban J connectivity index is 1.66. The maximum atomic E-state index is 13.4. The van der Waals surface area contributed by atoms with Gasteiger partial charge < -0.3 is 14.6 Å². The Morgan fingerprint density at radius 1 is 1.32 bits per heavy atom. The van der Waals surface area contributed by atoms with E-state index in [1.165, 1.54) is 12.1 Å². The van der Waals surface area contributed by atoms with Crippen molar-refractivity contribution in [3.05, 3.63) is 53.5 Å². The molecule has 1 aromatic carbocycles. The first kappa shape index (κ1) is 14.6. The minimum absolute atomic E-state index is 0.110. The summed E-state index contributed by atoms with van der Waals surface area (Å²) in [6.07, 6.45) is 3.04. The fourth-order valence-corrected chi connectivity index (χ4v) is 2.65. The highest BCUT2D eigenvalue weighted by Crippen LogP contribution is 2.29. The molecule has 0 unspecified atom stereocenters. The van der Waals surface area contributed by atoms with E-state index in [1.54, 1.807) is 23.3 Å². The molecule has 0 atom stereocenters. The fraction of sp³-hybridized carbons (Fsp3) is 0.312.